The van der Waals surface area contributed by atoms with Crippen molar-refractivity contribution in [3.8, 4) is 44.5 Å². The number of para-hydroxylation sites is 1. The van der Waals surface area contributed by atoms with Crippen LogP contribution in [0.4, 0.5) is 17.1 Å². The first kappa shape index (κ1) is 35.3. The molecule has 1 aliphatic rings. The van der Waals surface area contributed by atoms with Gasteiger partial charge in [-0.1, -0.05) is 196 Å². The molecular formula is C59H41NO. The fourth-order valence-electron chi connectivity index (χ4n) is 10.2. The smallest absolute Gasteiger partial charge is 0.136 e. The third kappa shape index (κ3) is 5.42. The molecule has 10 aromatic carbocycles. The van der Waals surface area contributed by atoms with E-state index in [0.717, 1.165) is 50.1 Å². The van der Waals surface area contributed by atoms with Gasteiger partial charge in [0.05, 0.1) is 11.4 Å². The summed E-state index contributed by atoms with van der Waals surface area (Å²) in [5.41, 5.74) is 17.2. The fourth-order valence-corrected chi connectivity index (χ4v) is 10.2. The third-order valence-corrected chi connectivity index (χ3v) is 13.1. The van der Waals surface area contributed by atoms with Crippen molar-refractivity contribution in [1.82, 2.24) is 0 Å². The number of anilines is 3. The lowest BCUT2D eigenvalue weighted by molar-refractivity contribution is 0.660. The minimum Gasteiger partial charge on any atom is -0.456 e. The molecule has 0 saturated carbocycles. The van der Waals surface area contributed by atoms with E-state index in [1.165, 1.54) is 66.1 Å². The first-order chi connectivity index (χ1) is 30.0. The lowest BCUT2D eigenvalue weighted by Gasteiger charge is -2.33. The lowest BCUT2D eigenvalue weighted by atomic mass is 9.82. The van der Waals surface area contributed by atoms with Gasteiger partial charge in [0.1, 0.15) is 11.2 Å². The fraction of sp³-hybridized carbons (Fsp3) is 0.0508. The standard InChI is InChI=1S/C59H41NO/c1-59(2)50-27-15-13-23-45(50)46-34-33-42(37-51(46)59)60(58-48-25-12-10-22-44(48)43-21-9-11-24-47(43)55(58)40-19-7-4-8-20-40)52-35-36-54-57(49-26-14-16-28-53(49)61-54)56(52)41-31-29-39(30-32-41)38-17-5-3-6-18-38/h3-37H,1-2H3. The zero-order valence-corrected chi connectivity index (χ0v) is 34.1. The Hall–Kier alpha value is -7.68. The van der Waals surface area contributed by atoms with E-state index in [-0.39, 0.29) is 5.41 Å². The van der Waals surface area contributed by atoms with Crippen molar-refractivity contribution < 1.29 is 4.42 Å². The van der Waals surface area contributed by atoms with Gasteiger partial charge in [-0.15, -0.1) is 0 Å². The number of nitrogens with zero attached hydrogens (tertiary/aromatic N) is 1. The van der Waals surface area contributed by atoms with Gasteiger partial charge in [-0.2, -0.15) is 0 Å². The van der Waals surface area contributed by atoms with Gasteiger partial charge in [0.2, 0.25) is 0 Å². The minimum atomic E-state index is -0.192. The maximum absolute atomic E-state index is 6.68. The molecule has 0 spiro atoms. The molecule has 0 atom stereocenters. The van der Waals surface area contributed by atoms with E-state index in [9.17, 15) is 0 Å². The average Bonchev–Trinajstić information content (AvgIpc) is 3.81. The van der Waals surface area contributed by atoms with Gasteiger partial charge in [-0.3, -0.25) is 0 Å². The number of rotatable bonds is 6. The molecule has 12 rings (SSSR count). The molecule has 0 saturated heterocycles. The van der Waals surface area contributed by atoms with Gasteiger partial charge in [0.15, 0.2) is 0 Å². The third-order valence-electron chi connectivity index (χ3n) is 13.1. The first-order valence-corrected chi connectivity index (χ1v) is 21.2. The second kappa shape index (κ2) is 13.7. The monoisotopic (exact) mass is 779 g/mol. The Morgan fingerprint density at radius 1 is 0.377 bits per heavy atom. The van der Waals surface area contributed by atoms with Gasteiger partial charge in [0, 0.05) is 38.4 Å². The highest BCUT2D eigenvalue weighted by molar-refractivity contribution is 6.24. The van der Waals surface area contributed by atoms with Crippen LogP contribution < -0.4 is 4.90 Å². The van der Waals surface area contributed by atoms with Crippen LogP contribution >= 0.6 is 0 Å². The van der Waals surface area contributed by atoms with Crippen LogP contribution in [-0.4, -0.2) is 0 Å². The second-order valence-corrected chi connectivity index (χ2v) is 16.8. The van der Waals surface area contributed by atoms with Crippen LogP contribution in [0.3, 0.4) is 0 Å². The van der Waals surface area contributed by atoms with Crippen molar-refractivity contribution in [2.24, 2.45) is 0 Å². The zero-order chi connectivity index (χ0) is 40.7. The van der Waals surface area contributed by atoms with Gasteiger partial charge < -0.3 is 9.32 Å². The van der Waals surface area contributed by atoms with E-state index >= 15 is 0 Å². The van der Waals surface area contributed by atoms with Gasteiger partial charge >= 0.3 is 0 Å². The van der Waals surface area contributed by atoms with E-state index in [4.69, 9.17) is 4.42 Å². The number of fused-ring (bicyclic) bond motifs is 9. The summed E-state index contributed by atoms with van der Waals surface area (Å²) in [5, 5.41) is 7.05. The van der Waals surface area contributed by atoms with Crippen molar-refractivity contribution in [3.63, 3.8) is 0 Å². The number of hydrogen-bond acceptors (Lipinski definition) is 2. The van der Waals surface area contributed by atoms with Gasteiger partial charge in [0.25, 0.3) is 0 Å². The molecule has 288 valence electrons. The van der Waals surface area contributed by atoms with Crippen molar-refractivity contribution in [2.45, 2.75) is 19.3 Å². The largest absolute Gasteiger partial charge is 0.456 e. The highest BCUT2D eigenvalue weighted by Gasteiger charge is 2.36. The predicted molar refractivity (Wildman–Crippen MR) is 257 cm³/mol. The predicted octanol–water partition coefficient (Wildman–Crippen LogP) is 16.7. The van der Waals surface area contributed by atoms with Crippen molar-refractivity contribution in [2.75, 3.05) is 4.90 Å². The van der Waals surface area contributed by atoms with E-state index < -0.39 is 0 Å². The van der Waals surface area contributed by atoms with Gasteiger partial charge in [-0.05, 0) is 91.0 Å². The van der Waals surface area contributed by atoms with Gasteiger partial charge in [-0.25, -0.2) is 0 Å². The van der Waals surface area contributed by atoms with Crippen molar-refractivity contribution in [1.29, 1.82) is 0 Å². The Morgan fingerprint density at radius 3 is 1.67 bits per heavy atom. The zero-order valence-electron chi connectivity index (χ0n) is 34.1. The summed E-state index contributed by atoms with van der Waals surface area (Å²) in [5.74, 6) is 0. The Labute approximate surface area is 355 Å². The van der Waals surface area contributed by atoms with E-state index in [2.05, 4.69) is 231 Å². The Morgan fingerprint density at radius 2 is 0.918 bits per heavy atom. The molecule has 0 unspecified atom stereocenters. The normalized spacial score (nSPS) is 12.9. The Kier molecular flexibility index (Phi) is 7.92. The Balaban J connectivity index is 1.24. The first-order valence-electron chi connectivity index (χ1n) is 21.2. The molecule has 0 N–H and O–H groups in total. The molecule has 0 amide bonds. The van der Waals surface area contributed by atoms with Crippen LogP contribution in [0.15, 0.2) is 217 Å². The van der Waals surface area contributed by atoms with Crippen LogP contribution in [0.25, 0.3) is 88.0 Å². The molecule has 0 bridgehead atoms. The van der Waals surface area contributed by atoms with Crippen LogP contribution in [-0.2, 0) is 5.41 Å². The molecule has 0 radical (unpaired) electrons. The SMILES string of the molecule is CC1(C)c2ccccc2-c2ccc(N(c3ccc4oc5ccccc5c4c3-c3ccc(-c4ccccc4)cc3)c3c(-c4ccccc4)c4ccccc4c4ccccc34)cc21. The molecule has 1 heterocycles. The minimum absolute atomic E-state index is 0.192. The molecule has 1 aromatic heterocycles. The highest BCUT2D eigenvalue weighted by atomic mass is 16.3. The van der Waals surface area contributed by atoms with E-state index in [1.54, 1.807) is 0 Å². The summed E-state index contributed by atoms with van der Waals surface area (Å²) < 4.78 is 6.68. The maximum Gasteiger partial charge on any atom is 0.136 e. The second-order valence-electron chi connectivity index (χ2n) is 16.8. The summed E-state index contributed by atoms with van der Waals surface area (Å²) in [4.78, 5) is 2.57. The molecular weight excluding hydrogens is 739 g/mol. The lowest BCUT2D eigenvalue weighted by Crippen LogP contribution is -2.17. The molecule has 2 heteroatoms. The van der Waals surface area contributed by atoms with Crippen LogP contribution in [0, 0.1) is 0 Å². The number of furan rings is 1. The quantitative estimate of drug-likeness (QED) is 0.156. The van der Waals surface area contributed by atoms with E-state index in [1.807, 2.05) is 0 Å². The molecule has 0 aliphatic heterocycles. The summed E-state index contributed by atoms with van der Waals surface area (Å²) in [6, 6.07) is 77.6. The number of benzene rings is 10. The van der Waals surface area contributed by atoms with E-state index in [0.29, 0.717) is 0 Å². The molecule has 0 fully saturated rings. The van der Waals surface area contributed by atoms with Crippen molar-refractivity contribution >= 4 is 60.5 Å². The molecule has 11 aromatic rings. The van der Waals surface area contributed by atoms with Crippen LogP contribution in [0.5, 0.6) is 0 Å². The molecule has 61 heavy (non-hydrogen) atoms. The summed E-state index contributed by atoms with van der Waals surface area (Å²) in [6.07, 6.45) is 0. The summed E-state index contributed by atoms with van der Waals surface area (Å²) >= 11 is 0. The van der Waals surface area contributed by atoms with Crippen LogP contribution in [0.2, 0.25) is 0 Å². The molecule has 2 nitrogen and oxygen atoms in total. The summed E-state index contributed by atoms with van der Waals surface area (Å²) in [7, 11) is 0. The maximum atomic E-state index is 6.68. The highest BCUT2D eigenvalue weighted by Crippen LogP contribution is 2.55. The molecule has 1 aliphatic carbocycles. The summed E-state index contributed by atoms with van der Waals surface area (Å²) in [6.45, 7) is 4.74. The van der Waals surface area contributed by atoms with Crippen molar-refractivity contribution in [3.05, 3.63) is 223 Å². The van der Waals surface area contributed by atoms with Crippen LogP contribution in [0.1, 0.15) is 25.0 Å². The number of hydrogen-bond donors (Lipinski definition) is 0. The topological polar surface area (TPSA) is 16.4 Å². The Bertz CT molecular complexity index is 3490. The average molecular weight is 780 g/mol.